The highest BCUT2D eigenvalue weighted by Gasteiger charge is 2.18. The van der Waals surface area contributed by atoms with Crippen LogP contribution in [0.3, 0.4) is 0 Å². The van der Waals surface area contributed by atoms with Gasteiger partial charge in [-0.15, -0.1) is 0 Å². The van der Waals surface area contributed by atoms with Gasteiger partial charge in [-0.2, -0.15) is 11.8 Å². The lowest BCUT2D eigenvalue weighted by Gasteiger charge is -2.20. The van der Waals surface area contributed by atoms with Gasteiger partial charge in [0.05, 0.1) is 5.75 Å². The van der Waals surface area contributed by atoms with Gasteiger partial charge >= 0.3 is 0 Å². The minimum Gasteiger partial charge on any atom is -0.455 e. The fourth-order valence-electron chi connectivity index (χ4n) is 1.67. The van der Waals surface area contributed by atoms with E-state index >= 15 is 0 Å². The number of amides is 1. The van der Waals surface area contributed by atoms with Gasteiger partial charge in [-0.3, -0.25) is 4.79 Å². The Labute approximate surface area is 112 Å². The predicted octanol–water partition coefficient (Wildman–Crippen LogP) is 2.28. The van der Waals surface area contributed by atoms with Crippen LogP contribution in [0.15, 0.2) is 16.5 Å². The molecule has 18 heavy (non-hydrogen) atoms. The normalized spacial score (nSPS) is 12.7. The van der Waals surface area contributed by atoms with Gasteiger partial charge in [0, 0.05) is 12.6 Å². The molecule has 1 unspecified atom stereocenters. The summed E-state index contributed by atoms with van der Waals surface area (Å²) in [6.45, 7) is 4.10. The Balaban J connectivity index is 2.62. The van der Waals surface area contributed by atoms with Crippen molar-refractivity contribution in [3.05, 3.63) is 23.7 Å². The number of thioether (sulfide) groups is 1. The second-order valence-electron chi connectivity index (χ2n) is 4.54. The Morgan fingerprint density at radius 2 is 2.22 bits per heavy atom. The highest BCUT2D eigenvalue weighted by molar-refractivity contribution is 7.97. The van der Waals surface area contributed by atoms with Crippen LogP contribution in [0, 0.1) is 5.92 Å². The van der Waals surface area contributed by atoms with E-state index in [1.807, 2.05) is 26.2 Å². The zero-order valence-corrected chi connectivity index (χ0v) is 11.9. The third-order valence-electron chi connectivity index (χ3n) is 2.73. The Morgan fingerprint density at radius 1 is 1.50 bits per heavy atom. The van der Waals surface area contributed by atoms with Crippen LogP contribution in [-0.2, 0) is 5.75 Å². The maximum atomic E-state index is 12.0. The summed E-state index contributed by atoms with van der Waals surface area (Å²) in [6.07, 6.45) is 2.54. The first-order chi connectivity index (χ1) is 8.58. The maximum Gasteiger partial charge on any atom is 0.287 e. The predicted molar refractivity (Wildman–Crippen MR) is 73.7 cm³/mol. The smallest absolute Gasteiger partial charge is 0.287 e. The number of hydrogen-bond donors (Lipinski definition) is 2. The SMILES string of the molecule is CSCc1ccc(C(=O)NC(CCO)C(C)C)o1. The van der Waals surface area contributed by atoms with Crippen LogP contribution < -0.4 is 5.32 Å². The quantitative estimate of drug-likeness (QED) is 0.798. The zero-order valence-electron chi connectivity index (χ0n) is 11.1. The molecule has 2 N–H and O–H groups in total. The first-order valence-electron chi connectivity index (χ1n) is 6.07. The van der Waals surface area contributed by atoms with E-state index in [2.05, 4.69) is 5.32 Å². The molecule has 1 atom stereocenters. The van der Waals surface area contributed by atoms with E-state index in [-0.39, 0.29) is 24.5 Å². The summed E-state index contributed by atoms with van der Waals surface area (Å²) in [7, 11) is 0. The van der Waals surface area contributed by atoms with E-state index in [0.717, 1.165) is 11.5 Å². The molecular weight excluding hydrogens is 250 g/mol. The van der Waals surface area contributed by atoms with Crippen LogP contribution >= 0.6 is 11.8 Å². The molecule has 1 aromatic heterocycles. The maximum absolute atomic E-state index is 12.0. The number of carbonyl (C=O) groups excluding carboxylic acids is 1. The summed E-state index contributed by atoms with van der Waals surface area (Å²) in [4.78, 5) is 12.0. The van der Waals surface area contributed by atoms with Crippen LogP contribution in [0.2, 0.25) is 0 Å². The molecule has 1 heterocycles. The molecule has 0 radical (unpaired) electrons. The third-order valence-corrected chi connectivity index (χ3v) is 3.31. The molecule has 102 valence electrons. The van der Waals surface area contributed by atoms with Crippen molar-refractivity contribution in [3.8, 4) is 0 Å². The third kappa shape index (κ3) is 4.38. The Bertz CT molecular complexity index is 376. The van der Waals surface area contributed by atoms with Crippen molar-refractivity contribution in [1.82, 2.24) is 5.32 Å². The van der Waals surface area contributed by atoms with Gasteiger partial charge in [-0.05, 0) is 30.7 Å². The lowest BCUT2D eigenvalue weighted by atomic mass is 10.0. The summed E-state index contributed by atoms with van der Waals surface area (Å²) < 4.78 is 5.45. The average Bonchev–Trinajstić information content (AvgIpc) is 2.77. The molecule has 5 heteroatoms. The van der Waals surface area contributed by atoms with Crippen LogP contribution in [0.25, 0.3) is 0 Å². The van der Waals surface area contributed by atoms with E-state index < -0.39 is 0 Å². The number of carbonyl (C=O) groups is 1. The topological polar surface area (TPSA) is 62.5 Å². The van der Waals surface area contributed by atoms with Gasteiger partial charge in [0.2, 0.25) is 0 Å². The van der Waals surface area contributed by atoms with Gasteiger partial charge < -0.3 is 14.8 Å². The van der Waals surface area contributed by atoms with Crippen molar-refractivity contribution in [1.29, 1.82) is 0 Å². The molecule has 0 aromatic carbocycles. The molecule has 0 spiro atoms. The minimum absolute atomic E-state index is 0.0309. The number of nitrogens with one attached hydrogen (secondary N) is 1. The van der Waals surface area contributed by atoms with E-state index in [1.165, 1.54) is 0 Å². The molecule has 1 amide bonds. The molecule has 0 aliphatic heterocycles. The Kier molecular flexibility index (Phi) is 6.29. The molecular formula is C13H21NO3S. The molecule has 1 rings (SSSR count). The van der Waals surface area contributed by atoms with E-state index in [9.17, 15) is 4.79 Å². The number of furan rings is 1. The van der Waals surface area contributed by atoms with Gasteiger partial charge in [-0.25, -0.2) is 0 Å². The summed E-state index contributed by atoms with van der Waals surface area (Å²) in [5.41, 5.74) is 0. The average molecular weight is 271 g/mol. The van der Waals surface area contributed by atoms with Crippen molar-refractivity contribution < 1.29 is 14.3 Å². The number of rotatable bonds is 7. The van der Waals surface area contributed by atoms with Crippen LogP contribution in [-0.4, -0.2) is 29.9 Å². The van der Waals surface area contributed by atoms with Crippen molar-refractivity contribution in [2.45, 2.75) is 32.1 Å². The number of aliphatic hydroxyl groups is 1. The molecule has 0 fully saturated rings. The molecule has 1 aromatic rings. The molecule has 0 bridgehead atoms. The molecule has 0 aliphatic carbocycles. The second-order valence-corrected chi connectivity index (χ2v) is 5.40. The van der Waals surface area contributed by atoms with E-state index in [0.29, 0.717) is 12.2 Å². The van der Waals surface area contributed by atoms with Crippen molar-refractivity contribution in [2.75, 3.05) is 12.9 Å². The van der Waals surface area contributed by atoms with Crippen LogP contribution in [0.4, 0.5) is 0 Å². The first kappa shape index (κ1) is 15.1. The van der Waals surface area contributed by atoms with E-state index in [1.54, 1.807) is 17.8 Å². The van der Waals surface area contributed by atoms with Crippen LogP contribution in [0.5, 0.6) is 0 Å². The summed E-state index contributed by atoms with van der Waals surface area (Å²) in [5, 5.41) is 11.9. The lowest BCUT2D eigenvalue weighted by molar-refractivity contribution is 0.0887. The molecule has 0 aliphatic rings. The molecule has 0 saturated heterocycles. The number of aliphatic hydroxyl groups excluding tert-OH is 1. The summed E-state index contributed by atoms with van der Waals surface area (Å²) in [5.74, 6) is 1.96. The fraction of sp³-hybridized carbons (Fsp3) is 0.615. The van der Waals surface area contributed by atoms with Gasteiger partial charge in [0.15, 0.2) is 5.76 Å². The Morgan fingerprint density at radius 3 is 2.78 bits per heavy atom. The highest BCUT2D eigenvalue weighted by atomic mass is 32.2. The first-order valence-corrected chi connectivity index (χ1v) is 7.47. The monoisotopic (exact) mass is 271 g/mol. The molecule has 0 saturated carbocycles. The zero-order chi connectivity index (χ0) is 13.5. The van der Waals surface area contributed by atoms with Crippen molar-refractivity contribution in [3.63, 3.8) is 0 Å². The lowest BCUT2D eigenvalue weighted by Crippen LogP contribution is -2.39. The Hall–Kier alpha value is -0.940. The van der Waals surface area contributed by atoms with Gasteiger partial charge in [-0.1, -0.05) is 13.8 Å². The van der Waals surface area contributed by atoms with Crippen molar-refractivity contribution in [2.24, 2.45) is 5.92 Å². The highest BCUT2D eigenvalue weighted by Crippen LogP contribution is 2.14. The summed E-state index contributed by atoms with van der Waals surface area (Å²) in [6, 6.07) is 3.48. The second kappa shape index (κ2) is 7.48. The van der Waals surface area contributed by atoms with Crippen molar-refractivity contribution >= 4 is 17.7 Å². The summed E-state index contributed by atoms with van der Waals surface area (Å²) >= 11 is 1.65. The number of hydrogen-bond acceptors (Lipinski definition) is 4. The van der Waals surface area contributed by atoms with E-state index in [4.69, 9.17) is 9.52 Å². The largest absolute Gasteiger partial charge is 0.455 e. The fourth-order valence-corrected chi connectivity index (χ4v) is 2.11. The molecule has 4 nitrogen and oxygen atoms in total. The minimum atomic E-state index is -0.213. The van der Waals surface area contributed by atoms with Gasteiger partial charge in [0.25, 0.3) is 5.91 Å². The standard InChI is InChI=1S/C13H21NO3S/c1-9(2)11(6-7-15)14-13(16)12-5-4-10(17-12)8-18-3/h4-5,9,11,15H,6-8H2,1-3H3,(H,14,16). The van der Waals surface area contributed by atoms with Gasteiger partial charge in [0.1, 0.15) is 5.76 Å². The van der Waals surface area contributed by atoms with Crippen LogP contribution in [0.1, 0.15) is 36.6 Å².